The molecular formula is C20H23NO5. The number of phenolic OH excluding ortho intramolecular Hbond substituents is 1. The summed E-state index contributed by atoms with van der Waals surface area (Å²) in [5.74, 6) is 2.78. The minimum absolute atomic E-state index is 0.156. The highest BCUT2D eigenvalue weighted by atomic mass is 16.7. The molecule has 0 aromatic heterocycles. The predicted octanol–water partition coefficient (Wildman–Crippen LogP) is 3.32. The van der Waals surface area contributed by atoms with Gasteiger partial charge in [-0.15, -0.1) is 0 Å². The second-order valence-corrected chi connectivity index (χ2v) is 6.49. The summed E-state index contributed by atoms with van der Waals surface area (Å²) in [4.78, 5) is 2.36. The van der Waals surface area contributed by atoms with Crippen molar-refractivity contribution in [2.24, 2.45) is 0 Å². The molecule has 1 fully saturated rings. The number of nitrogens with zero attached hydrogens (tertiary/aromatic N) is 1. The van der Waals surface area contributed by atoms with E-state index in [1.807, 2.05) is 24.3 Å². The maximum Gasteiger partial charge on any atom is 0.231 e. The molecule has 6 nitrogen and oxygen atoms in total. The maximum atomic E-state index is 10.7. The Balaban J connectivity index is 1.87. The first-order chi connectivity index (χ1) is 12.7. The van der Waals surface area contributed by atoms with E-state index in [9.17, 15) is 5.11 Å². The number of para-hydroxylation sites is 1. The summed E-state index contributed by atoms with van der Waals surface area (Å²) < 4.78 is 22.1. The van der Waals surface area contributed by atoms with Gasteiger partial charge in [-0.3, -0.25) is 4.90 Å². The molecule has 2 heterocycles. The third kappa shape index (κ3) is 2.80. The van der Waals surface area contributed by atoms with Crippen LogP contribution in [0.1, 0.15) is 30.0 Å². The second-order valence-electron chi connectivity index (χ2n) is 6.49. The molecule has 138 valence electrons. The lowest BCUT2D eigenvalue weighted by Gasteiger charge is -2.30. The SMILES string of the molecule is COc1cccc([C@@H](c2cc3c(cc2O)OCO3)N2CCCC2)c1OC. The van der Waals surface area contributed by atoms with E-state index in [1.165, 1.54) is 0 Å². The molecule has 0 amide bonds. The van der Waals surface area contributed by atoms with Gasteiger partial charge < -0.3 is 24.1 Å². The van der Waals surface area contributed by atoms with Crippen molar-refractivity contribution >= 4 is 0 Å². The minimum Gasteiger partial charge on any atom is -0.507 e. The average molecular weight is 357 g/mol. The zero-order valence-electron chi connectivity index (χ0n) is 15.0. The number of likely N-dealkylation sites (tertiary alicyclic amines) is 1. The first-order valence-electron chi connectivity index (χ1n) is 8.80. The second kappa shape index (κ2) is 6.96. The molecule has 2 aromatic carbocycles. The van der Waals surface area contributed by atoms with Crippen molar-refractivity contribution in [3.63, 3.8) is 0 Å². The average Bonchev–Trinajstić information content (AvgIpc) is 3.33. The summed E-state index contributed by atoms with van der Waals surface area (Å²) in [5.41, 5.74) is 1.74. The Labute approximate surface area is 152 Å². The lowest BCUT2D eigenvalue weighted by molar-refractivity contribution is 0.173. The molecular weight excluding hydrogens is 334 g/mol. The number of benzene rings is 2. The fourth-order valence-electron chi connectivity index (χ4n) is 3.85. The van der Waals surface area contributed by atoms with Crippen LogP contribution < -0.4 is 18.9 Å². The lowest BCUT2D eigenvalue weighted by Crippen LogP contribution is -2.27. The molecule has 1 N–H and O–H groups in total. The van der Waals surface area contributed by atoms with Gasteiger partial charge in [-0.1, -0.05) is 12.1 Å². The van der Waals surface area contributed by atoms with Crippen LogP contribution >= 0.6 is 0 Å². The van der Waals surface area contributed by atoms with E-state index in [1.54, 1.807) is 20.3 Å². The lowest BCUT2D eigenvalue weighted by atomic mass is 9.94. The maximum absolute atomic E-state index is 10.7. The van der Waals surface area contributed by atoms with Crippen molar-refractivity contribution in [2.75, 3.05) is 34.1 Å². The van der Waals surface area contributed by atoms with E-state index in [0.717, 1.165) is 37.1 Å². The van der Waals surface area contributed by atoms with Gasteiger partial charge in [0.25, 0.3) is 0 Å². The Bertz CT molecular complexity index is 801. The van der Waals surface area contributed by atoms with Crippen LogP contribution in [0.15, 0.2) is 30.3 Å². The Morgan fingerprint density at radius 2 is 1.73 bits per heavy atom. The molecule has 2 aromatic rings. The van der Waals surface area contributed by atoms with Gasteiger partial charge in [0, 0.05) is 17.2 Å². The summed E-state index contributed by atoms with van der Waals surface area (Å²) in [5, 5.41) is 10.7. The summed E-state index contributed by atoms with van der Waals surface area (Å²) in [7, 11) is 3.27. The molecule has 0 saturated carbocycles. The molecule has 0 bridgehead atoms. The Morgan fingerprint density at radius 1 is 1.00 bits per heavy atom. The van der Waals surface area contributed by atoms with Gasteiger partial charge in [0.05, 0.1) is 20.3 Å². The van der Waals surface area contributed by atoms with E-state index in [-0.39, 0.29) is 18.6 Å². The zero-order chi connectivity index (χ0) is 18.1. The van der Waals surface area contributed by atoms with Crippen LogP contribution in [0, 0.1) is 0 Å². The number of ether oxygens (including phenoxy) is 4. The smallest absolute Gasteiger partial charge is 0.231 e. The first kappa shape index (κ1) is 16.8. The summed E-state index contributed by atoms with van der Waals surface area (Å²) in [6.45, 7) is 2.09. The van der Waals surface area contributed by atoms with E-state index in [4.69, 9.17) is 18.9 Å². The highest BCUT2D eigenvalue weighted by Gasteiger charge is 2.32. The first-order valence-corrected chi connectivity index (χ1v) is 8.80. The number of methoxy groups -OCH3 is 2. The van der Waals surface area contributed by atoms with Crippen molar-refractivity contribution in [3.8, 4) is 28.7 Å². The highest BCUT2D eigenvalue weighted by molar-refractivity contribution is 5.57. The topological polar surface area (TPSA) is 60.4 Å². The Morgan fingerprint density at radius 3 is 2.42 bits per heavy atom. The van der Waals surface area contributed by atoms with E-state index in [0.29, 0.717) is 23.0 Å². The molecule has 0 unspecified atom stereocenters. The fourth-order valence-corrected chi connectivity index (χ4v) is 3.85. The monoisotopic (exact) mass is 357 g/mol. The Kier molecular flexibility index (Phi) is 4.51. The Hall–Kier alpha value is -2.60. The summed E-state index contributed by atoms with van der Waals surface area (Å²) >= 11 is 0. The molecule has 1 atom stereocenters. The molecule has 2 aliphatic rings. The third-order valence-corrected chi connectivity index (χ3v) is 5.05. The summed E-state index contributed by atoms with van der Waals surface area (Å²) in [6, 6.07) is 9.20. The number of hydrogen-bond donors (Lipinski definition) is 1. The van der Waals surface area contributed by atoms with Gasteiger partial charge in [0.15, 0.2) is 23.0 Å². The van der Waals surface area contributed by atoms with Crippen LogP contribution in [0.25, 0.3) is 0 Å². The van der Waals surface area contributed by atoms with Gasteiger partial charge in [-0.25, -0.2) is 0 Å². The number of hydrogen-bond acceptors (Lipinski definition) is 6. The predicted molar refractivity (Wildman–Crippen MR) is 96.4 cm³/mol. The van der Waals surface area contributed by atoms with Crippen LogP contribution in [0.2, 0.25) is 0 Å². The molecule has 0 aliphatic carbocycles. The molecule has 0 radical (unpaired) electrons. The van der Waals surface area contributed by atoms with Crippen molar-refractivity contribution in [1.82, 2.24) is 4.90 Å². The largest absolute Gasteiger partial charge is 0.507 e. The molecule has 0 spiro atoms. The minimum atomic E-state index is -0.156. The van der Waals surface area contributed by atoms with Crippen molar-refractivity contribution in [1.29, 1.82) is 0 Å². The fraction of sp³-hybridized carbons (Fsp3) is 0.400. The standard InChI is InChI=1S/C20H23NO5/c1-23-16-7-5-6-13(20(16)24-2)19(21-8-3-4-9-21)14-10-17-18(11-15(14)22)26-12-25-17/h5-7,10-11,19,22H,3-4,8-9,12H2,1-2H3/t19-/m0/s1. The molecule has 26 heavy (non-hydrogen) atoms. The van der Waals surface area contributed by atoms with Gasteiger partial charge in [0.1, 0.15) is 5.75 Å². The molecule has 6 heteroatoms. The van der Waals surface area contributed by atoms with Crippen LogP contribution in [0.3, 0.4) is 0 Å². The van der Waals surface area contributed by atoms with E-state index in [2.05, 4.69) is 4.90 Å². The van der Waals surface area contributed by atoms with Crippen molar-refractivity contribution < 1.29 is 24.1 Å². The van der Waals surface area contributed by atoms with Crippen LogP contribution in [0.5, 0.6) is 28.7 Å². The van der Waals surface area contributed by atoms with Crippen LogP contribution in [-0.4, -0.2) is 44.1 Å². The number of rotatable bonds is 5. The van der Waals surface area contributed by atoms with Gasteiger partial charge >= 0.3 is 0 Å². The quantitative estimate of drug-likeness (QED) is 0.886. The third-order valence-electron chi connectivity index (χ3n) is 5.05. The van der Waals surface area contributed by atoms with Crippen LogP contribution in [0.4, 0.5) is 0 Å². The van der Waals surface area contributed by atoms with Crippen LogP contribution in [-0.2, 0) is 0 Å². The normalized spacial score (nSPS) is 17.3. The van der Waals surface area contributed by atoms with Gasteiger partial charge in [-0.05, 0) is 38.1 Å². The van der Waals surface area contributed by atoms with E-state index >= 15 is 0 Å². The number of phenols is 1. The highest BCUT2D eigenvalue weighted by Crippen LogP contribution is 2.47. The zero-order valence-corrected chi connectivity index (χ0v) is 15.0. The number of aromatic hydroxyl groups is 1. The van der Waals surface area contributed by atoms with Crippen molar-refractivity contribution in [3.05, 3.63) is 41.5 Å². The summed E-state index contributed by atoms with van der Waals surface area (Å²) in [6.07, 6.45) is 2.27. The van der Waals surface area contributed by atoms with E-state index < -0.39 is 0 Å². The number of fused-ring (bicyclic) bond motifs is 1. The van der Waals surface area contributed by atoms with Crippen molar-refractivity contribution in [2.45, 2.75) is 18.9 Å². The molecule has 4 rings (SSSR count). The molecule has 2 aliphatic heterocycles. The van der Waals surface area contributed by atoms with Gasteiger partial charge in [-0.2, -0.15) is 0 Å². The van der Waals surface area contributed by atoms with Gasteiger partial charge in [0.2, 0.25) is 6.79 Å². The molecule has 1 saturated heterocycles.